The number of amides is 4. The van der Waals surface area contributed by atoms with Gasteiger partial charge in [0.05, 0.1) is 29.1 Å². The molecule has 3 N–H and O–H groups in total. The fourth-order valence-corrected chi connectivity index (χ4v) is 6.79. The summed E-state index contributed by atoms with van der Waals surface area (Å²) in [6, 6.07) is 26.0. The van der Waals surface area contributed by atoms with Gasteiger partial charge in [0.25, 0.3) is 11.8 Å². The van der Waals surface area contributed by atoms with Crippen LogP contribution in [0.3, 0.4) is 0 Å². The van der Waals surface area contributed by atoms with Gasteiger partial charge in [0, 0.05) is 37.2 Å². The number of anilines is 1. The second-order valence-corrected chi connectivity index (χ2v) is 13.5. The van der Waals surface area contributed by atoms with E-state index in [0.717, 1.165) is 46.3 Å². The number of nitrogens with zero attached hydrogens (tertiary/aromatic N) is 2. The van der Waals surface area contributed by atoms with Crippen molar-refractivity contribution in [2.75, 3.05) is 38.2 Å². The Kier molecular flexibility index (Phi) is 10.0. The monoisotopic (exact) mass is 703 g/mol. The molecule has 2 atom stereocenters. The van der Waals surface area contributed by atoms with Crippen LogP contribution in [0.4, 0.5) is 5.69 Å². The predicted octanol–water partition coefficient (Wildman–Crippen LogP) is 4.54. The molecule has 0 radical (unpaired) electrons. The van der Waals surface area contributed by atoms with Crippen LogP contribution in [0.5, 0.6) is 11.5 Å². The Morgan fingerprint density at radius 2 is 1.60 bits per heavy atom. The van der Waals surface area contributed by atoms with Gasteiger partial charge in [0.1, 0.15) is 36.9 Å². The Balaban J connectivity index is 0.909. The lowest BCUT2D eigenvalue weighted by Gasteiger charge is -2.27. The second kappa shape index (κ2) is 14.9. The summed E-state index contributed by atoms with van der Waals surface area (Å²) >= 11 is 0. The van der Waals surface area contributed by atoms with Crippen LogP contribution in [-0.2, 0) is 26.3 Å². The number of pyridine rings is 1. The van der Waals surface area contributed by atoms with E-state index in [2.05, 4.69) is 54.1 Å². The number of morpholine rings is 1. The molecule has 3 aliphatic heterocycles. The van der Waals surface area contributed by atoms with Crippen molar-refractivity contribution in [3.8, 4) is 11.5 Å². The number of ether oxygens (including phenoxy) is 3. The lowest BCUT2D eigenvalue weighted by Crippen LogP contribution is -2.54. The summed E-state index contributed by atoms with van der Waals surface area (Å²) in [6.07, 6.45) is 0.129. The van der Waals surface area contributed by atoms with Gasteiger partial charge in [-0.25, -0.2) is 0 Å². The summed E-state index contributed by atoms with van der Waals surface area (Å²) in [6.45, 7) is 7.67. The van der Waals surface area contributed by atoms with Crippen LogP contribution in [0.1, 0.15) is 76.0 Å². The molecule has 3 aromatic carbocycles. The number of benzene rings is 3. The van der Waals surface area contributed by atoms with E-state index >= 15 is 0 Å². The average molecular weight is 704 g/mol. The zero-order valence-electron chi connectivity index (χ0n) is 29.1. The Hall–Kier alpha value is -5.59. The highest BCUT2D eigenvalue weighted by Crippen LogP contribution is 2.34. The molecule has 268 valence electrons. The fraction of sp³-hybridized carbons (Fsp3) is 0.325. The van der Waals surface area contributed by atoms with E-state index in [9.17, 15) is 19.2 Å². The number of imide groups is 2. The molecule has 2 saturated heterocycles. The van der Waals surface area contributed by atoms with Crippen LogP contribution in [0.2, 0.25) is 0 Å². The van der Waals surface area contributed by atoms with Gasteiger partial charge in [-0.05, 0) is 66.1 Å². The van der Waals surface area contributed by atoms with E-state index in [0.29, 0.717) is 37.8 Å². The Labute approximate surface area is 301 Å². The molecule has 4 amide bonds. The number of hydrogen-bond donors (Lipinski definition) is 3. The molecule has 12 nitrogen and oxygen atoms in total. The largest absolute Gasteiger partial charge is 0.492 e. The number of aromatic nitrogens is 1. The quantitative estimate of drug-likeness (QED) is 0.142. The Morgan fingerprint density at radius 3 is 2.29 bits per heavy atom. The van der Waals surface area contributed by atoms with Crippen molar-refractivity contribution in [2.45, 2.75) is 50.9 Å². The van der Waals surface area contributed by atoms with Crippen LogP contribution in [-0.4, -0.2) is 72.4 Å². The molecular formula is C40H41N5O7. The van der Waals surface area contributed by atoms with Crippen LogP contribution in [0, 0.1) is 0 Å². The van der Waals surface area contributed by atoms with Crippen molar-refractivity contribution in [3.05, 3.63) is 119 Å². The number of hydrogen-bond acceptors (Lipinski definition) is 10. The molecule has 52 heavy (non-hydrogen) atoms. The predicted molar refractivity (Wildman–Crippen MR) is 192 cm³/mol. The summed E-state index contributed by atoms with van der Waals surface area (Å²) in [5.74, 6) is -0.683. The standard InChI is InChI=1S/C40H41N5O7/c1-40(2,26-11-15-29(16-12-26)52-24-27-5-3-7-31(43-27)34-23-41-19-21-51-34)25-9-13-28(14-10-25)50-22-20-42-32-8-4-6-30-36(32)39(49)45(38(30)48)33-17-18-35(46)44-37(33)47/h3-16,33-34,41-42H,17-24H2,1-2H3,(H,44,46,47). The molecule has 1 aromatic heterocycles. The zero-order chi connectivity index (χ0) is 36.2. The van der Waals surface area contributed by atoms with E-state index in [-0.39, 0.29) is 35.5 Å². The normalized spacial score (nSPS) is 18.9. The Bertz CT molecular complexity index is 1970. The first kappa shape index (κ1) is 34.8. The molecule has 4 aromatic rings. The molecule has 2 unspecified atom stereocenters. The summed E-state index contributed by atoms with van der Waals surface area (Å²) in [7, 11) is 0. The van der Waals surface area contributed by atoms with Crippen LogP contribution >= 0.6 is 0 Å². The zero-order valence-corrected chi connectivity index (χ0v) is 29.1. The summed E-state index contributed by atoms with van der Waals surface area (Å²) < 4.78 is 17.9. The number of nitrogens with one attached hydrogen (secondary N) is 3. The van der Waals surface area contributed by atoms with Gasteiger partial charge in [-0.15, -0.1) is 0 Å². The first-order valence-corrected chi connectivity index (χ1v) is 17.5. The van der Waals surface area contributed by atoms with Gasteiger partial charge in [0.2, 0.25) is 11.8 Å². The lowest BCUT2D eigenvalue weighted by molar-refractivity contribution is -0.136. The second-order valence-electron chi connectivity index (χ2n) is 13.5. The van der Waals surface area contributed by atoms with E-state index < -0.39 is 29.7 Å². The number of piperidine rings is 1. The van der Waals surface area contributed by atoms with Gasteiger partial charge < -0.3 is 24.8 Å². The minimum Gasteiger partial charge on any atom is -0.492 e. The first-order chi connectivity index (χ1) is 25.2. The summed E-state index contributed by atoms with van der Waals surface area (Å²) in [5.41, 5.74) is 4.67. The fourth-order valence-electron chi connectivity index (χ4n) is 6.79. The van der Waals surface area contributed by atoms with E-state index in [1.54, 1.807) is 18.2 Å². The number of carbonyl (C=O) groups is 4. The van der Waals surface area contributed by atoms with Crippen LogP contribution in [0.15, 0.2) is 84.9 Å². The molecular weight excluding hydrogens is 662 g/mol. The molecule has 0 spiro atoms. The first-order valence-electron chi connectivity index (χ1n) is 17.5. The van der Waals surface area contributed by atoms with E-state index in [4.69, 9.17) is 19.2 Å². The third kappa shape index (κ3) is 7.25. The van der Waals surface area contributed by atoms with Crippen molar-refractivity contribution < 1.29 is 33.4 Å². The molecule has 4 heterocycles. The maximum absolute atomic E-state index is 13.3. The van der Waals surface area contributed by atoms with Crippen LogP contribution in [0.25, 0.3) is 0 Å². The molecule has 2 fully saturated rings. The van der Waals surface area contributed by atoms with Gasteiger partial charge in [-0.1, -0.05) is 50.2 Å². The van der Waals surface area contributed by atoms with Gasteiger partial charge >= 0.3 is 0 Å². The van der Waals surface area contributed by atoms with E-state index in [1.807, 2.05) is 42.5 Å². The minimum absolute atomic E-state index is 0.0428. The molecule has 3 aliphatic rings. The minimum atomic E-state index is -1.01. The SMILES string of the molecule is CC(C)(c1ccc(OCCNc2cccc3c2C(=O)N(C2CCC(=O)NC2=O)C3=O)cc1)c1ccc(OCc2cccc(C3CNCCO3)n2)cc1. The average Bonchev–Trinajstić information content (AvgIpc) is 3.42. The number of fused-ring (bicyclic) bond motifs is 1. The summed E-state index contributed by atoms with van der Waals surface area (Å²) in [4.78, 5) is 56.1. The molecule has 0 aliphatic carbocycles. The maximum atomic E-state index is 13.3. The highest BCUT2D eigenvalue weighted by atomic mass is 16.5. The molecule has 12 heteroatoms. The van der Waals surface area contributed by atoms with Gasteiger partial charge in [0.15, 0.2) is 0 Å². The van der Waals surface area contributed by atoms with Gasteiger partial charge in [-0.2, -0.15) is 0 Å². The number of carbonyl (C=O) groups excluding carboxylic acids is 4. The van der Waals surface area contributed by atoms with Crippen molar-refractivity contribution in [1.29, 1.82) is 0 Å². The molecule has 7 rings (SSSR count). The highest BCUT2D eigenvalue weighted by molar-refractivity contribution is 6.25. The third-order valence-corrected chi connectivity index (χ3v) is 9.78. The maximum Gasteiger partial charge on any atom is 0.264 e. The topological polar surface area (TPSA) is 148 Å². The van der Waals surface area contributed by atoms with Crippen molar-refractivity contribution in [3.63, 3.8) is 0 Å². The van der Waals surface area contributed by atoms with Crippen molar-refractivity contribution in [2.24, 2.45) is 0 Å². The Morgan fingerprint density at radius 1 is 0.885 bits per heavy atom. The van der Waals surface area contributed by atoms with Gasteiger partial charge in [-0.3, -0.25) is 34.4 Å². The van der Waals surface area contributed by atoms with Crippen molar-refractivity contribution >= 4 is 29.3 Å². The van der Waals surface area contributed by atoms with Crippen molar-refractivity contribution in [1.82, 2.24) is 20.5 Å². The summed E-state index contributed by atoms with van der Waals surface area (Å²) in [5, 5.41) is 8.76. The highest BCUT2D eigenvalue weighted by Gasteiger charge is 2.45. The third-order valence-electron chi connectivity index (χ3n) is 9.78. The number of rotatable bonds is 12. The lowest BCUT2D eigenvalue weighted by atomic mass is 9.78. The van der Waals surface area contributed by atoms with Crippen LogP contribution < -0.4 is 25.4 Å². The van der Waals surface area contributed by atoms with E-state index in [1.165, 1.54) is 0 Å². The smallest absolute Gasteiger partial charge is 0.264 e. The molecule has 0 bridgehead atoms. The molecule has 0 saturated carbocycles.